The van der Waals surface area contributed by atoms with Crippen molar-refractivity contribution in [3.05, 3.63) is 12.3 Å². The smallest absolute Gasteiger partial charge is 0.0230 e. The average Bonchev–Trinajstić information content (AvgIpc) is 1.96. The van der Waals surface area contributed by atoms with Crippen LogP contribution >= 0.6 is 0 Å². The Bertz CT molecular complexity index is 117. The zero-order valence-corrected chi connectivity index (χ0v) is 9.17. The SMILES string of the molecule is CCC/C=C/N(C(C)C)C(C)C. The molecule has 0 aromatic heterocycles. The minimum Gasteiger partial charge on any atom is -0.373 e. The molecule has 0 amide bonds. The molecule has 0 radical (unpaired) electrons. The fourth-order valence-electron chi connectivity index (χ4n) is 1.30. The van der Waals surface area contributed by atoms with E-state index in [0.29, 0.717) is 12.1 Å². The van der Waals surface area contributed by atoms with Gasteiger partial charge in [-0.25, -0.2) is 0 Å². The summed E-state index contributed by atoms with van der Waals surface area (Å²) in [5.74, 6) is 0. The first kappa shape index (κ1) is 11.5. The monoisotopic (exact) mass is 169 g/mol. The van der Waals surface area contributed by atoms with Crippen LogP contribution in [0, 0.1) is 0 Å². The Morgan fingerprint density at radius 1 is 1.08 bits per heavy atom. The molecule has 72 valence electrons. The Kier molecular flexibility index (Phi) is 5.87. The van der Waals surface area contributed by atoms with Crippen LogP contribution < -0.4 is 0 Å². The van der Waals surface area contributed by atoms with E-state index in [4.69, 9.17) is 0 Å². The molecule has 0 rings (SSSR count). The van der Waals surface area contributed by atoms with E-state index >= 15 is 0 Å². The lowest BCUT2D eigenvalue weighted by atomic mass is 10.2. The summed E-state index contributed by atoms with van der Waals surface area (Å²) in [4.78, 5) is 2.38. The summed E-state index contributed by atoms with van der Waals surface area (Å²) in [5.41, 5.74) is 0. The van der Waals surface area contributed by atoms with Gasteiger partial charge in [0.1, 0.15) is 0 Å². The first-order chi connectivity index (χ1) is 5.59. The molecule has 0 fully saturated rings. The highest BCUT2D eigenvalue weighted by Gasteiger charge is 2.06. The second-order valence-electron chi connectivity index (χ2n) is 3.81. The van der Waals surface area contributed by atoms with E-state index in [1.54, 1.807) is 0 Å². The molecule has 0 atom stereocenters. The van der Waals surface area contributed by atoms with Gasteiger partial charge >= 0.3 is 0 Å². The highest BCUT2D eigenvalue weighted by molar-refractivity contribution is 4.85. The van der Waals surface area contributed by atoms with Gasteiger partial charge in [0.25, 0.3) is 0 Å². The van der Waals surface area contributed by atoms with Crippen LogP contribution in [0.15, 0.2) is 12.3 Å². The van der Waals surface area contributed by atoms with Crippen LogP contribution in [0.3, 0.4) is 0 Å². The fraction of sp³-hybridized carbons (Fsp3) is 0.818. The second kappa shape index (κ2) is 6.10. The molecule has 0 unspecified atom stereocenters. The minimum absolute atomic E-state index is 0.609. The van der Waals surface area contributed by atoms with E-state index in [9.17, 15) is 0 Å². The third-order valence-corrected chi connectivity index (χ3v) is 1.93. The second-order valence-corrected chi connectivity index (χ2v) is 3.81. The van der Waals surface area contributed by atoms with Gasteiger partial charge in [-0.2, -0.15) is 0 Å². The molecule has 12 heavy (non-hydrogen) atoms. The Balaban J connectivity index is 3.95. The summed E-state index contributed by atoms with van der Waals surface area (Å²) >= 11 is 0. The third-order valence-electron chi connectivity index (χ3n) is 1.93. The molecule has 0 heterocycles. The van der Waals surface area contributed by atoms with Crippen molar-refractivity contribution >= 4 is 0 Å². The molecule has 0 bridgehead atoms. The van der Waals surface area contributed by atoms with Crippen molar-refractivity contribution in [3.8, 4) is 0 Å². The van der Waals surface area contributed by atoms with Crippen LogP contribution in [-0.2, 0) is 0 Å². The maximum atomic E-state index is 2.38. The van der Waals surface area contributed by atoms with Crippen LogP contribution in [0.1, 0.15) is 47.5 Å². The molecule has 0 saturated heterocycles. The summed E-state index contributed by atoms with van der Waals surface area (Å²) < 4.78 is 0. The summed E-state index contributed by atoms with van der Waals surface area (Å²) in [7, 11) is 0. The van der Waals surface area contributed by atoms with Gasteiger partial charge in [-0.15, -0.1) is 0 Å². The molecule has 1 heteroatoms. The topological polar surface area (TPSA) is 3.24 Å². The normalized spacial score (nSPS) is 11.9. The van der Waals surface area contributed by atoms with Crippen molar-refractivity contribution in [2.24, 2.45) is 0 Å². The van der Waals surface area contributed by atoms with Crippen LogP contribution in [0.2, 0.25) is 0 Å². The number of rotatable bonds is 5. The van der Waals surface area contributed by atoms with Crippen molar-refractivity contribution in [2.75, 3.05) is 0 Å². The van der Waals surface area contributed by atoms with Crippen LogP contribution in [0.4, 0.5) is 0 Å². The van der Waals surface area contributed by atoms with E-state index in [2.05, 4.69) is 51.8 Å². The van der Waals surface area contributed by atoms with Gasteiger partial charge in [0, 0.05) is 12.1 Å². The van der Waals surface area contributed by atoms with E-state index < -0.39 is 0 Å². The van der Waals surface area contributed by atoms with Gasteiger partial charge in [-0.1, -0.05) is 19.4 Å². The maximum absolute atomic E-state index is 2.38. The largest absolute Gasteiger partial charge is 0.373 e. The van der Waals surface area contributed by atoms with Gasteiger partial charge in [0.2, 0.25) is 0 Å². The summed E-state index contributed by atoms with van der Waals surface area (Å²) in [5, 5.41) is 0. The maximum Gasteiger partial charge on any atom is 0.0230 e. The highest BCUT2D eigenvalue weighted by Crippen LogP contribution is 2.06. The van der Waals surface area contributed by atoms with Crippen molar-refractivity contribution < 1.29 is 0 Å². The lowest BCUT2D eigenvalue weighted by Gasteiger charge is -2.29. The zero-order chi connectivity index (χ0) is 9.56. The molecule has 0 aliphatic rings. The molecule has 0 aliphatic heterocycles. The first-order valence-corrected chi connectivity index (χ1v) is 5.03. The van der Waals surface area contributed by atoms with E-state index in [0.717, 1.165) is 0 Å². The molecule has 0 aromatic carbocycles. The molecule has 0 aromatic rings. The number of hydrogen-bond donors (Lipinski definition) is 0. The zero-order valence-electron chi connectivity index (χ0n) is 9.17. The molecule has 1 nitrogen and oxygen atoms in total. The van der Waals surface area contributed by atoms with E-state index in [1.807, 2.05) is 0 Å². The molecule has 0 saturated carbocycles. The van der Waals surface area contributed by atoms with E-state index in [-0.39, 0.29) is 0 Å². The van der Waals surface area contributed by atoms with Gasteiger partial charge in [-0.05, 0) is 40.3 Å². The lowest BCUT2D eigenvalue weighted by Crippen LogP contribution is -2.31. The standard InChI is InChI=1S/C11H23N/c1-6-7-8-9-12(10(2)3)11(4)5/h8-11H,6-7H2,1-5H3/b9-8+. The molecular weight excluding hydrogens is 146 g/mol. The number of hydrogen-bond acceptors (Lipinski definition) is 1. The lowest BCUT2D eigenvalue weighted by molar-refractivity contribution is 0.255. The minimum atomic E-state index is 0.609. The van der Waals surface area contributed by atoms with Crippen molar-refractivity contribution in [3.63, 3.8) is 0 Å². The first-order valence-electron chi connectivity index (χ1n) is 5.03. The van der Waals surface area contributed by atoms with Gasteiger partial charge < -0.3 is 4.90 Å². The predicted molar refractivity (Wildman–Crippen MR) is 56.2 cm³/mol. The van der Waals surface area contributed by atoms with Crippen molar-refractivity contribution in [1.82, 2.24) is 4.90 Å². The van der Waals surface area contributed by atoms with Gasteiger partial charge in [0.05, 0.1) is 0 Å². The summed E-state index contributed by atoms with van der Waals surface area (Å²) in [6.07, 6.45) is 6.93. The number of allylic oxidation sites excluding steroid dienone is 1. The van der Waals surface area contributed by atoms with Gasteiger partial charge in [-0.3, -0.25) is 0 Å². The Morgan fingerprint density at radius 2 is 1.58 bits per heavy atom. The molecule has 0 aliphatic carbocycles. The predicted octanol–water partition coefficient (Wildman–Crippen LogP) is 3.42. The van der Waals surface area contributed by atoms with E-state index in [1.165, 1.54) is 12.8 Å². The van der Waals surface area contributed by atoms with Crippen molar-refractivity contribution in [2.45, 2.75) is 59.5 Å². The van der Waals surface area contributed by atoms with Gasteiger partial charge in [0.15, 0.2) is 0 Å². The fourth-order valence-corrected chi connectivity index (χ4v) is 1.30. The Morgan fingerprint density at radius 3 is 1.92 bits per heavy atom. The molecule has 0 spiro atoms. The summed E-state index contributed by atoms with van der Waals surface area (Å²) in [6, 6.07) is 1.22. The van der Waals surface area contributed by atoms with Crippen LogP contribution in [-0.4, -0.2) is 17.0 Å². The average molecular weight is 169 g/mol. The molecule has 0 N–H and O–H groups in total. The Hall–Kier alpha value is -0.460. The van der Waals surface area contributed by atoms with Crippen molar-refractivity contribution in [1.29, 1.82) is 0 Å². The summed E-state index contributed by atoms with van der Waals surface area (Å²) in [6.45, 7) is 11.1. The molecular formula is C11H23N. The van der Waals surface area contributed by atoms with Crippen LogP contribution in [0.25, 0.3) is 0 Å². The highest BCUT2D eigenvalue weighted by atomic mass is 15.1. The third kappa shape index (κ3) is 4.42. The Labute approximate surface area is 77.5 Å². The van der Waals surface area contributed by atoms with Crippen LogP contribution in [0.5, 0.6) is 0 Å². The number of unbranched alkanes of at least 4 members (excludes halogenated alkanes) is 1. The number of nitrogens with zero attached hydrogens (tertiary/aromatic N) is 1. The quantitative estimate of drug-likeness (QED) is 0.609.